The van der Waals surface area contributed by atoms with Crippen LogP contribution in [0.25, 0.3) is 6.08 Å². The third kappa shape index (κ3) is 5.79. The summed E-state index contributed by atoms with van der Waals surface area (Å²) in [7, 11) is 1.36. The van der Waals surface area contributed by atoms with Crippen molar-refractivity contribution in [1.82, 2.24) is 0 Å². The second-order valence-electron chi connectivity index (χ2n) is 7.32. The van der Waals surface area contributed by atoms with E-state index in [1.165, 1.54) is 49.5 Å². The molecule has 0 unspecified atom stereocenters. The highest BCUT2D eigenvalue weighted by atomic mass is 19.3. The monoisotopic (exact) mass is 418 g/mol. The number of piperidine rings is 1. The van der Waals surface area contributed by atoms with Crippen molar-refractivity contribution in [2.75, 3.05) is 20.2 Å². The van der Waals surface area contributed by atoms with E-state index in [1.807, 2.05) is 0 Å². The number of carbonyl (C=O) groups excluding carboxylic acids is 1. The Morgan fingerprint density at radius 1 is 1.13 bits per heavy atom. The van der Waals surface area contributed by atoms with E-state index in [1.54, 1.807) is 30.3 Å². The lowest BCUT2D eigenvalue weighted by Gasteiger charge is -2.23. The number of carbonyl (C=O) groups is 1. The highest BCUT2D eigenvalue weighted by Gasteiger charge is 2.17. The van der Waals surface area contributed by atoms with Gasteiger partial charge in [-0.3, -0.25) is 4.79 Å². The molecule has 0 radical (unpaired) electrons. The smallest absolute Gasteiger partial charge is 0.387 e. The summed E-state index contributed by atoms with van der Waals surface area (Å²) < 4.78 is 34.3. The van der Waals surface area contributed by atoms with Crippen molar-refractivity contribution in [1.29, 1.82) is 0 Å². The predicted molar refractivity (Wildman–Crippen MR) is 109 cm³/mol. The van der Waals surface area contributed by atoms with Crippen molar-refractivity contribution in [3.05, 3.63) is 59.2 Å². The van der Waals surface area contributed by atoms with Gasteiger partial charge < -0.3 is 19.5 Å². The number of phenolic OH excluding ortho intramolecular Hbond substituents is 1. The van der Waals surface area contributed by atoms with E-state index >= 15 is 0 Å². The van der Waals surface area contributed by atoms with Gasteiger partial charge in [-0.2, -0.15) is 8.78 Å². The van der Waals surface area contributed by atoms with Crippen LogP contribution in [-0.2, 0) is 6.54 Å². The molecule has 3 rings (SSSR count). The van der Waals surface area contributed by atoms with Crippen molar-refractivity contribution in [2.24, 2.45) is 0 Å². The quantitative estimate of drug-likeness (QED) is 0.509. The largest absolute Gasteiger partial charge is 0.507 e. The van der Waals surface area contributed by atoms with E-state index in [-0.39, 0.29) is 23.0 Å². The molecule has 0 amide bonds. The number of quaternary nitrogens is 1. The Balaban J connectivity index is 1.72. The molecular formula is C23H26F2NO4+. The van der Waals surface area contributed by atoms with Crippen LogP contribution in [0.1, 0.15) is 40.7 Å². The minimum absolute atomic E-state index is 0.0700. The standard InChI is InChI=1S/C23H25F2NO4/c1-29-22-13-16(6-10-21(22)30-23(24)25)5-8-19(27)17-7-9-20(28)18(14-17)15-26-11-3-2-4-12-26/h5-10,13-14,23,28H,2-4,11-12,15H2,1H3/p+1/b8-5+. The van der Waals surface area contributed by atoms with Gasteiger partial charge in [0.05, 0.1) is 20.2 Å². The highest BCUT2D eigenvalue weighted by molar-refractivity contribution is 6.07. The fraction of sp³-hybridized carbons (Fsp3) is 0.348. The number of phenols is 1. The molecule has 0 aromatic heterocycles. The number of ether oxygens (including phenoxy) is 2. The number of allylic oxidation sites excluding steroid dienone is 1. The summed E-state index contributed by atoms with van der Waals surface area (Å²) in [6.45, 7) is -0.105. The van der Waals surface area contributed by atoms with Gasteiger partial charge in [-0.15, -0.1) is 0 Å². The van der Waals surface area contributed by atoms with Gasteiger partial charge in [-0.25, -0.2) is 0 Å². The van der Waals surface area contributed by atoms with Gasteiger partial charge in [-0.1, -0.05) is 12.1 Å². The first-order valence-electron chi connectivity index (χ1n) is 9.97. The fourth-order valence-corrected chi connectivity index (χ4v) is 3.63. The molecule has 0 bridgehead atoms. The summed E-state index contributed by atoms with van der Waals surface area (Å²) in [5.41, 5.74) is 1.86. The maximum absolute atomic E-state index is 12.6. The third-order valence-corrected chi connectivity index (χ3v) is 5.20. The maximum Gasteiger partial charge on any atom is 0.387 e. The average molecular weight is 418 g/mol. The van der Waals surface area contributed by atoms with Crippen molar-refractivity contribution >= 4 is 11.9 Å². The molecule has 7 heteroatoms. The van der Waals surface area contributed by atoms with Crippen LogP contribution in [0.4, 0.5) is 8.78 Å². The third-order valence-electron chi connectivity index (χ3n) is 5.20. The number of hydrogen-bond donors (Lipinski definition) is 2. The van der Waals surface area contributed by atoms with Crippen molar-refractivity contribution in [3.8, 4) is 17.2 Å². The van der Waals surface area contributed by atoms with E-state index in [0.717, 1.165) is 18.7 Å². The first-order chi connectivity index (χ1) is 14.5. The molecule has 2 N–H and O–H groups in total. The summed E-state index contributed by atoms with van der Waals surface area (Å²) in [5.74, 6) is 0.0745. The number of rotatable bonds is 8. The molecule has 0 spiro atoms. The average Bonchev–Trinajstić information content (AvgIpc) is 2.74. The van der Waals surface area contributed by atoms with Crippen LogP contribution in [0, 0.1) is 0 Å². The first-order valence-corrected chi connectivity index (χ1v) is 9.97. The molecule has 30 heavy (non-hydrogen) atoms. The van der Waals surface area contributed by atoms with E-state index in [2.05, 4.69) is 4.74 Å². The summed E-state index contributed by atoms with van der Waals surface area (Å²) in [5, 5.41) is 10.2. The molecule has 0 atom stereocenters. The Bertz CT molecular complexity index is 908. The molecule has 160 valence electrons. The number of likely N-dealkylation sites (tertiary alicyclic amines) is 1. The van der Waals surface area contributed by atoms with E-state index < -0.39 is 6.61 Å². The first kappa shape index (κ1) is 21.8. The number of nitrogens with one attached hydrogen (secondary N) is 1. The Morgan fingerprint density at radius 2 is 1.90 bits per heavy atom. The lowest BCUT2D eigenvalue weighted by molar-refractivity contribution is -0.918. The van der Waals surface area contributed by atoms with E-state index in [9.17, 15) is 18.7 Å². The molecular weight excluding hydrogens is 392 g/mol. The normalized spacial score (nSPS) is 14.9. The van der Waals surface area contributed by atoms with Crippen molar-refractivity contribution in [3.63, 3.8) is 0 Å². The number of aromatic hydroxyl groups is 1. The number of alkyl halides is 2. The van der Waals surface area contributed by atoms with Crippen LogP contribution in [0.3, 0.4) is 0 Å². The number of benzene rings is 2. The Labute approximate surface area is 174 Å². The molecule has 5 nitrogen and oxygen atoms in total. The molecule has 1 fully saturated rings. The lowest BCUT2D eigenvalue weighted by Crippen LogP contribution is -3.11. The van der Waals surface area contributed by atoms with Gasteiger partial charge in [-0.05, 0) is 61.2 Å². The molecule has 1 saturated heterocycles. The SMILES string of the molecule is COc1cc(/C=C/C(=O)c2ccc(O)c(C[NH+]3CCCCC3)c2)ccc1OC(F)F. The molecule has 2 aromatic carbocycles. The molecule has 1 aliphatic rings. The predicted octanol–water partition coefficient (Wildman–Crippen LogP) is 3.47. The molecule has 1 heterocycles. The van der Waals surface area contributed by atoms with Gasteiger partial charge >= 0.3 is 6.61 Å². The van der Waals surface area contributed by atoms with Crippen LogP contribution < -0.4 is 14.4 Å². The minimum atomic E-state index is -2.95. The summed E-state index contributed by atoms with van der Waals surface area (Å²) in [6.07, 6.45) is 6.61. The zero-order valence-corrected chi connectivity index (χ0v) is 16.9. The van der Waals surface area contributed by atoms with Gasteiger partial charge in [0.2, 0.25) is 0 Å². The Kier molecular flexibility index (Phi) is 7.41. The van der Waals surface area contributed by atoms with Gasteiger partial charge in [0.25, 0.3) is 0 Å². The van der Waals surface area contributed by atoms with E-state index in [4.69, 9.17) is 4.74 Å². The van der Waals surface area contributed by atoms with Crippen molar-refractivity contribution in [2.45, 2.75) is 32.4 Å². The van der Waals surface area contributed by atoms with Crippen LogP contribution in [0.5, 0.6) is 17.2 Å². The van der Waals surface area contributed by atoms with Crippen LogP contribution >= 0.6 is 0 Å². The number of halogens is 2. The molecule has 0 saturated carbocycles. The Hall–Kier alpha value is -2.93. The number of ketones is 1. The zero-order valence-electron chi connectivity index (χ0n) is 16.9. The summed E-state index contributed by atoms with van der Waals surface area (Å²) in [6, 6.07) is 9.34. The van der Waals surface area contributed by atoms with Crippen molar-refractivity contribution < 1.29 is 33.1 Å². The lowest BCUT2D eigenvalue weighted by atomic mass is 10.0. The topological polar surface area (TPSA) is 60.2 Å². The molecule has 2 aromatic rings. The van der Waals surface area contributed by atoms with Gasteiger partial charge in [0.1, 0.15) is 12.3 Å². The zero-order chi connectivity index (χ0) is 21.5. The minimum Gasteiger partial charge on any atom is -0.507 e. The molecule has 1 aliphatic heterocycles. The second-order valence-corrected chi connectivity index (χ2v) is 7.32. The van der Waals surface area contributed by atoms with Crippen LogP contribution in [0.2, 0.25) is 0 Å². The van der Waals surface area contributed by atoms with Gasteiger partial charge in [0, 0.05) is 11.1 Å². The fourth-order valence-electron chi connectivity index (χ4n) is 3.63. The highest BCUT2D eigenvalue weighted by Crippen LogP contribution is 2.30. The van der Waals surface area contributed by atoms with E-state index in [0.29, 0.717) is 17.7 Å². The number of methoxy groups -OCH3 is 1. The Morgan fingerprint density at radius 3 is 2.60 bits per heavy atom. The van der Waals surface area contributed by atoms with Crippen LogP contribution in [-0.4, -0.2) is 37.7 Å². The molecule has 0 aliphatic carbocycles. The van der Waals surface area contributed by atoms with Crippen LogP contribution in [0.15, 0.2) is 42.5 Å². The summed E-state index contributed by atoms with van der Waals surface area (Å²) in [4.78, 5) is 14.0. The number of hydrogen-bond acceptors (Lipinski definition) is 4. The maximum atomic E-state index is 12.6. The summed E-state index contributed by atoms with van der Waals surface area (Å²) >= 11 is 0. The second kappa shape index (κ2) is 10.2. The van der Waals surface area contributed by atoms with Gasteiger partial charge in [0.15, 0.2) is 17.3 Å².